The van der Waals surface area contributed by atoms with Gasteiger partial charge in [-0.25, -0.2) is 9.80 Å². The van der Waals surface area contributed by atoms with Crippen LogP contribution in [0.1, 0.15) is 25.0 Å². The Hall–Kier alpha value is -1.72. The van der Waals surface area contributed by atoms with Crippen LogP contribution < -0.4 is 5.43 Å². The summed E-state index contributed by atoms with van der Waals surface area (Å²) in [5.74, 6) is 1.80. The SMILES string of the molecule is CC(C)CSc1ccc2cc3c(cc2c1)CN(NC(=O)O)C3. The minimum absolute atomic E-state index is 0.626. The molecular formula is C17H20N2O2S. The van der Waals surface area contributed by atoms with Crippen LogP contribution in [0.2, 0.25) is 0 Å². The maximum absolute atomic E-state index is 10.8. The number of rotatable bonds is 4. The van der Waals surface area contributed by atoms with E-state index < -0.39 is 6.09 Å². The lowest BCUT2D eigenvalue weighted by Crippen LogP contribution is -2.37. The number of hydrogen-bond donors (Lipinski definition) is 2. The quantitative estimate of drug-likeness (QED) is 0.834. The molecule has 0 aromatic heterocycles. The van der Waals surface area contributed by atoms with Crippen LogP contribution in [0.25, 0.3) is 10.8 Å². The van der Waals surface area contributed by atoms with E-state index in [0.29, 0.717) is 19.0 Å². The summed E-state index contributed by atoms with van der Waals surface area (Å²) in [6.45, 7) is 5.71. The van der Waals surface area contributed by atoms with Gasteiger partial charge in [-0.3, -0.25) is 5.43 Å². The molecule has 2 N–H and O–H groups in total. The summed E-state index contributed by atoms with van der Waals surface area (Å²) in [5, 5.41) is 13.0. The highest BCUT2D eigenvalue weighted by molar-refractivity contribution is 7.99. The lowest BCUT2D eigenvalue weighted by molar-refractivity contribution is 0.139. The number of carboxylic acid groups (broad SMARTS) is 1. The zero-order chi connectivity index (χ0) is 15.7. The second-order valence-corrected chi connectivity index (χ2v) is 7.20. The summed E-state index contributed by atoms with van der Waals surface area (Å²) in [6, 6.07) is 10.9. The van der Waals surface area contributed by atoms with Crippen molar-refractivity contribution in [2.24, 2.45) is 5.92 Å². The topological polar surface area (TPSA) is 52.6 Å². The van der Waals surface area contributed by atoms with Crippen LogP contribution in [-0.4, -0.2) is 22.0 Å². The average molecular weight is 316 g/mol. The van der Waals surface area contributed by atoms with Crippen LogP contribution in [0.3, 0.4) is 0 Å². The normalized spacial score (nSPS) is 14.5. The molecule has 0 unspecified atom stereocenters. The Morgan fingerprint density at radius 2 is 1.91 bits per heavy atom. The number of hydrazine groups is 1. The van der Waals surface area contributed by atoms with Gasteiger partial charge in [-0.2, -0.15) is 0 Å². The van der Waals surface area contributed by atoms with Gasteiger partial charge >= 0.3 is 6.09 Å². The van der Waals surface area contributed by atoms with Gasteiger partial charge in [-0.15, -0.1) is 11.8 Å². The van der Waals surface area contributed by atoms with Crippen molar-refractivity contribution in [3.8, 4) is 0 Å². The number of hydrogen-bond acceptors (Lipinski definition) is 3. The molecule has 0 fully saturated rings. The molecule has 1 amide bonds. The van der Waals surface area contributed by atoms with Crippen molar-refractivity contribution in [3.63, 3.8) is 0 Å². The van der Waals surface area contributed by atoms with Gasteiger partial charge in [-0.05, 0) is 52.1 Å². The van der Waals surface area contributed by atoms with E-state index in [1.807, 2.05) is 11.8 Å². The minimum Gasteiger partial charge on any atom is -0.464 e. The molecule has 0 spiro atoms. The molecular weight excluding hydrogens is 296 g/mol. The van der Waals surface area contributed by atoms with Gasteiger partial charge in [0.1, 0.15) is 0 Å². The summed E-state index contributed by atoms with van der Waals surface area (Å²) in [7, 11) is 0. The smallest absolute Gasteiger partial charge is 0.419 e. The van der Waals surface area contributed by atoms with E-state index in [2.05, 4.69) is 49.6 Å². The van der Waals surface area contributed by atoms with E-state index in [4.69, 9.17) is 5.11 Å². The third-order valence-electron chi connectivity index (χ3n) is 3.69. The maximum atomic E-state index is 10.8. The van der Waals surface area contributed by atoms with Crippen molar-refractivity contribution in [1.29, 1.82) is 0 Å². The molecule has 22 heavy (non-hydrogen) atoms. The number of nitrogens with one attached hydrogen (secondary N) is 1. The van der Waals surface area contributed by atoms with Crippen LogP contribution in [0, 0.1) is 5.92 Å². The molecule has 0 saturated carbocycles. The first-order valence-electron chi connectivity index (χ1n) is 7.44. The standard InChI is InChI=1S/C17H20N2O2S/c1-11(2)10-22-16-4-3-12-5-14-8-19(18-17(20)21)9-15(14)6-13(12)7-16/h3-7,11,18H,8-10H2,1-2H3,(H,20,21). The maximum Gasteiger partial charge on any atom is 0.419 e. The Morgan fingerprint density at radius 3 is 2.55 bits per heavy atom. The van der Waals surface area contributed by atoms with E-state index >= 15 is 0 Å². The van der Waals surface area contributed by atoms with Gasteiger partial charge in [0.2, 0.25) is 0 Å². The van der Waals surface area contributed by atoms with Crippen molar-refractivity contribution in [1.82, 2.24) is 10.4 Å². The molecule has 116 valence electrons. The largest absolute Gasteiger partial charge is 0.464 e. The molecule has 4 nitrogen and oxygen atoms in total. The van der Waals surface area contributed by atoms with Crippen molar-refractivity contribution >= 4 is 28.6 Å². The fraction of sp³-hybridized carbons (Fsp3) is 0.353. The molecule has 0 aliphatic carbocycles. The molecule has 2 aromatic rings. The molecule has 5 heteroatoms. The number of carbonyl (C=O) groups is 1. The van der Waals surface area contributed by atoms with Crippen molar-refractivity contribution in [3.05, 3.63) is 41.5 Å². The molecule has 0 bridgehead atoms. The van der Waals surface area contributed by atoms with Gasteiger partial charge in [0.05, 0.1) is 0 Å². The lowest BCUT2D eigenvalue weighted by Gasteiger charge is -2.12. The molecule has 0 radical (unpaired) electrons. The fourth-order valence-electron chi connectivity index (χ4n) is 2.70. The third-order valence-corrected chi connectivity index (χ3v) is 5.11. The lowest BCUT2D eigenvalue weighted by atomic mass is 10.0. The number of thioether (sulfide) groups is 1. The first kappa shape index (κ1) is 15.2. The Bertz CT molecular complexity index is 715. The summed E-state index contributed by atoms with van der Waals surface area (Å²) in [6.07, 6.45) is -1.01. The summed E-state index contributed by atoms with van der Waals surface area (Å²) in [5.41, 5.74) is 4.83. The van der Waals surface area contributed by atoms with Gasteiger partial charge in [0.25, 0.3) is 0 Å². The summed E-state index contributed by atoms with van der Waals surface area (Å²) in [4.78, 5) is 12.0. The highest BCUT2D eigenvalue weighted by Crippen LogP contribution is 2.30. The van der Waals surface area contributed by atoms with Crippen LogP contribution in [0.4, 0.5) is 4.79 Å². The van der Waals surface area contributed by atoms with Crippen LogP contribution >= 0.6 is 11.8 Å². The Balaban J connectivity index is 1.84. The van der Waals surface area contributed by atoms with Crippen molar-refractivity contribution in [2.45, 2.75) is 31.8 Å². The first-order valence-corrected chi connectivity index (χ1v) is 8.42. The van der Waals surface area contributed by atoms with Crippen LogP contribution in [0.15, 0.2) is 35.2 Å². The summed E-state index contributed by atoms with van der Waals surface area (Å²) >= 11 is 1.89. The number of amides is 1. The van der Waals surface area contributed by atoms with Crippen LogP contribution in [0.5, 0.6) is 0 Å². The van der Waals surface area contributed by atoms with E-state index in [1.54, 1.807) is 5.01 Å². The summed E-state index contributed by atoms with van der Waals surface area (Å²) < 4.78 is 0. The number of fused-ring (bicyclic) bond motifs is 2. The average Bonchev–Trinajstić information content (AvgIpc) is 2.82. The second-order valence-electron chi connectivity index (χ2n) is 6.11. The zero-order valence-corrected chi connectivity index (χ0v) is 13.6. The fourth-order valence-corrected chi connectivity index (χ4v) is 3.60. The molecule has 1 aliphatic rings. The monoisotopic (exact) mass is 316 g/mol. The predicted octanol–water partition coefficient (Wildman–Crippen LogP) is 4.09. The predicted molar refractivity (Wildman–Crippen MR) is 89.9 cm³/mol. The zero-order valence-electron chi connectivity index (χ0n) is 12.8. The minimum atomic E-state index is -1.01. The van der Waals surface area contributed by atoms with Gasteiger partial charge < -0.3 is 5.11 Å². The van der Waals surface area contributed by atoms with E-state index in [1.165, 1.54) is 26.8 Å². The van der Waals surface area contributed by atoms with Crippen molar-refractivity contribution in [2.75, 3.05) is 5.75 Å². The second kappa shape index (κ2) is 6.18. The Labute approximate surface area is 134 Å². The van der Waals surface area contributed by atoms with Crippen molar-refractivity contribution < 1.29 is 9.90 Å². The third kappa shape index (κ3) is 3.36. The van der Waals surface area contributed by atoms with Gasteiger partial charge in [-0.1, -0.05) is 19.9 Å². The molecule has 1 aliphatic heterocycles. The molecule has 1 heterocycles. The number of benzene rings is 2. The highest BCUT2D eigenvalue weighted by atomic mass is 32.2. The molecule has 3 rings (SSSR count). The molecule has 0 atom stereocenters. The van der Waals surface area contributed by atoms with E-state index in [-0.39, 0.29) is 0 Å². The first-order chi connectivity index (χ1) is 10.5. The van der Waals surface area contributed by atoms with Crippen LogP contribution in [-0.2, 0) is 13.1 Å². The number of nitrogens with zero attached hydrogens (tertiary/aromatic N) is 1. The highest BCUT2D eigenvalue weighted by Gasteiger charge is 2.20. The van der Waals surface area contributed by atoms with Gasteiger partial charge in [0.15, 0.2) is 0 Å². The Morgan fingerprint density at radius 1 is 1.23 bits per heavy atom. The Kier molecular flexibility index (Phi) is 4.27. The van der Waals surface area contributed by atoms with E-state index in [0.717, 1.165) is 5.75 Å². The van der Waals surface area contributed by atoms with E-state index in [9.17, 15) is 4.79 Å². The molecule has 0 saturated heterocycles. The van der Waals surface area contributed by atoms with Gasteiger partial charge in [0, 0.05) is 23.7 Å². The molecule has 2 aromatic carbocycles.